The molecular formula is C25H30F3N3O6. The third-order valence-electron chi connectivity index (χ3n) is 6.42. The molecule has 2 fully saturated rings. The summed E-state index contributed by atoms with van der Waals surface area (Å²) in [7, 11) is 2.89. The summed E-state index contributed by atoms with van der Waals surface area (Å²) >= 11 is 0. The van der Waals surface area contributed by atoms with Crippen LogP contribution in [0.1, 0.15) is 30.5 Å². The fraction of sp³-hybridized carbons (Fsp3) is 0.560. The molecule has 2 aromatic heterocycles. The first-order valence-corrected chi connectivity index (χ1v) is 11.9. The highest BCUT2D eigenvalue weighted by atomic mass is 19.4. The summed E-state index contributed by atoms with van der Waals surface area (Å²) in [5.74, 6) is 1.03. The van der Waals surface area contributed by atoms with E-state index in [0.717, 1.165) is 24.5 Å². The van der Waals surface area contributed by atoms with Crippen LogP contribution in [-0.4, -0.2) is 73.4 Å². The molecule has 2 aromatic rings. The van der Waals surface area contributed by atoms with E-state index >= 15 is 0 Å². The van der Waals surface area contributed by atoms with E-state index in [4.69, 9.17) is 23.7 Å². The number of carbonyl (C=O) groups is 1. The van der Waals surface area contributed by atoms with Crippen molar-refractivity contribution >= 4 is 5.91 Å². The highest BCUT2D eigenvalue weighted by Crippen LogP contribution is 2.39. The van der Waals surface area contributed by atoms with Gasteiger partial charge in [0, 0.05) is 50.9 Å². The second-order valence-electron chi connectivity index (χ2n) is 9.08. The van der Waals surface area contributed by atoms with Crippen molar-refractivity contribution in [2.24, 2.45) is 5.92 Å². The van der Waals surface area contributed by atoms with Gasteiger partial charge in [-0.1, -0.05) is 12.8 Å². The van der Waals surface area contributed by atoms with Crippen LogP contribution in [0.15, 0.2) is 36.7 Å². The van der Waals surface area contributed by atoms with Crippen molar-refractivity contribution in [1.82, 2.24) is 14.9 Å². The van der Waals surface area contributed by atoms with Gasteiger partial charge in [-0.25, -0.2) is 4.98 Å². The van der Waals surface area contributed by atoms with Gasteiger partial charge in [-0.2, -0.15) is 13.2 Å². The highest BCUT2D eigenvalue weighted by Gasteiger charge is 2.62. The Labute approximate surface area is 212 Å². The number of hydrogen-bond donors (Lipinski definition) is 0. The normalized spacial score (nSPS) is 21.6. The third kappa shape index (κ3) is 6.49. The molecule has 0 spiro atoms. The minimum absolute atomic E-state index is 0.0189. The number of β-lactam (4-membered cyclic amide) rings is 1. The molecule has 1 aliphatic heterocycles. The van der Waals surface area contributed by atoms with E-state index in [1.54, 1.807) is 18.3 Å². The number of nitrogens with zero attached hydrogens (tertiary/aromatic N) is 3. The molecule has 3 heterocycles. The number of rotatable bonds is 14. The predicted octanol–water partition coefficient (Wildman–Crippen LogP) is 3.47. The maximum absolute atomic E-state index is 13.3. The molecule has 0 radical (unpaired) electrons. The number of aromatic nitrogens is 2. The van der Waals surface area contributed by atoms with Crippen LogP contribution in [0, 0.1) is 5.92 Å². The Morgan fingerprint density at radius 3 is 2.57 bits per heavy atom. The Morgan fingerprint density at radius 2 is 1.92 bits per heavy atom. The standard InChI is InChI=1S/C25H30F3N3O6/c1-33-15-31-21(14-36-22-6-5-18(13-30-22)25(26,27)28)24(23(31)32,37-16-34-2)12-19-11-20(7-9-29-19)35-10-8-17-3-4-17/h5-7,9,11,13,17,21H,3-4,8,10,12,14-16H2,1-2H3. The number of ether oxygens (including phenoxy) is 5. The molecule has 0 aromatic carbocycles. The predicted molar refractivity (Wildman–Crippen MR) is 124 cm³/mol. The average Bonchev–Trinajstić information content (AvgIpc) is 3.70. The summed E-state index contributed by atoms with van der Waals surface area (Å²) in [5, 5.41) is 0. The maximum atomic E-state index is 13.3. The van der Waals surface area contributed by atoms with Gasteiger partial charge in [0.1, 0.15) is 31.9 Å². The molecule has 2 aliphatic rings. The van der Waals surface area contributed by atoms with Gasteiger partial charge in [0.15, 0.2) is 5.60 Å². The Kier molecular flexibility index (Phi) is 8.50. The quantitative estimate of drug-likeness (QED) is 0.274. The lowest BCUT2D eigenvalue weighted by atomic mass is 9.78. The van der Waals surface area contributed by atoms with Crippen molar-refractivity contribution in [2.45, 2.75) is 43.5 Å². The van der Waals surface area contributed by atoms with Crippen molar-refractivity contribution in [1.29, 1.82) is 0 Å². The first kappa shape index (κ1) is 27.1. The first-order valence-electron chi connectivity index (χ1n) is 11.9. The molecule has 202 valence electrons. The lowest BCUT2D eigenvalue weighted by Gasteiger charge is -2.54. The average molecular weight is 526 g/mol. The molecule has 0 N–H and O–H groups in total. The maximum Gasteiger partial charge on any atom is 0.417 e. The Morgan fingerprint density at radius 1 is 1.11 bits per heavy atom. The minimum atomic E-state index is -4.51. The molecule has 0 bridgehead atoms. The molecule has 9 nitrogen and oxygen atoms in total. The number of carbonyl (C=O) groups excluding carboxylic acids is 1. The van der Waals surface area contributed by atoms with Crippen LogP contribution in [0.2, 0.25) is 0 Å². The van der Waals surface area contributed by atoms with Crippen molar-refractivity contribution in [2.75, 3.05) is 41.0 Å². The topological polar surface area (TPSA) is 92.2 Å². The molecule has 1 saturated heterocycles. The number of methoxy groups -OCH3 is 2. The fourth-order valence-electron chi connectivity index (χ4n) is 4.25. The number of amides is 1. The summed E-state index contributed by atoms with van der Waals surface area (Å²) in [6.45, 7) is 0.313. The number of likely N-dealkylation sites (tertiary alicyclic amines) is 1. The second kappa shape index (κ2) is 11.6. The summed E-state index contributed by atoms with van der Waals surface area (Å²) < 4.78 is 66.3. The number of halogens is 3. The minimum Gasteiger partial charge on any atom is -0.493 e. The largest absolute Gasteiger partial charge is 0.493 e. The summed E-state index contributed by atoms with van der Waals surface area (Å²) in [5.41, 5.74) is -1.70. The van der Waals surface area contributed by atoms with Crippen molar-refractivity contribution in [3.05, 3.63) is 47.9 Å². The van der Waals surface area contributed by atoms with E-state index in [0.29, 0.717) is 24.2 Å². The number of pyridine rings is 2. The van der Waals surface area contributed by atoms with Crippen molar-refractivity contribution in [3.8, 4) is 11.6 Å². The molecule has 4 rings (SSSR count). The van der Waals surface area contributed by atoms with Gasteiger partial charge in [0.25, 0.3) is 5.91 Å². The van der Waals surface area contributed by atoms with E-state index in [2.05, 4.69) is 9.97 Å². The fourth-order valence-corrected chi connectivity index (χ4v) is 4.25. The van der Waals surface area contributed by atoms with Gasteiger partial charge < -0.3 is 28.6 Å². The summed E-state index contributed by atoms with van der Waals surface area (Å²) in [4.78, 5) is 22.9. The van der Waals surface area contributed by atoms with E-state index < -0.39 is 23.4 Å². The van der Waals surface area contributed by atoms with Crippen LogP contribution in [0.3, 0.4) is 0 Å². The van der Waals surface area contributed by atoms with Crippen molar-refractivity contribution < 1.29 is 41.7 Å². The molecule has 37 heavy (non-hydrogen) atoms. The third-order valence-corrected chi connectivity index (χ3v) is 6.42. The SMILES string of the molecule is COCOC1(Cc2cc(OCCC3CC3)ccn2)C(=O)N(COC)C1COc1ccc(C(F)(F)F)cn1. The molecular weight excluding hydrogens is 495 g/mol. The van der Waals surface area contributed by atoms with E-state index in [1.807, 2.05) is 0 Å². The lowest BCUT2D eigenvalue weighted by molar-refractivity contribution is -0.236. The van der Waals surface area contributed by atoms with E-state index in [9.17, 15) is 18.0 Å². The summed E-state index contributed by atoms with van der Waals surface area (Å²) in [6, 6.07) is 4.89. The van der Waals surface area contributed by atoms with Crippen LogP contribution < -0.4 is 9.47 Å². The molecule has 2 atom stereocenters. The van der Waals surface area contributed by atoms with Gasteiger partial charge in [0.05, 0.1) is 12.2 Å². The molecule has 12 heteroatoms. The van der Waals surface area contributed by atoms with Crippen molar-refractivity contribution in [3.63, 3.8) is 0 Å². The Hall–Kier alpha value is -2.96. The zero-order valence-corrected chi connectivity index (χ0v) is 20.7. The van der Waals surface area contributed by atoms with Crippen LogP contribution in [0.4, 0.5) is 13.2 Å². The summed E-state index contributed by atoms with van der Waals surface area (Å²) in [6.07, 6.45) is 1.39. The molecule has 2 unspecified atom stereocenters. The van der Waals surface area contributed by atoms with Crippen LogP contribution in [0.5, 0.6) is 11.6 Å². The highest BCUT2D eigenvalue weighted by molar-refractivity contribution is 5.93. The molecule has 1 saturated carbocycles. The van der Waals surface area contributed by atoms with E-state index in [-0.39, 0.29) is 38.3 Å². The molecule has 1 amide bonds. The first-order chi connectivity index (χ1) is 17.8. The zero-order valence-electron chi connectivity index (χ0n) is 20.7. The monoisotopic (exact) mass is 525 g/mol. The van der Waals surface area contributed by atoms with Gasteiger partial charge >= 0.3 is 6.18 Å². The second-order valence-corrected chi connectivity index (χ2v) is 9.08. The number of hydrogen-bond acceptors (Lipinski definition) is 8. The zero-order chi connectivity index (χ0) is 26.5. The number of alkyl halides is 3. The van der Waals surface area contributed by atoms with Crippen LogP contribution in [-0.2, 0) is 31.6 Å². The Bertz CT molecular complexity index is 1050. The van der Waals surface area contributed by atoms with E-state index in [1.165, 1.54) is 32.0 Å². The smallest absolute Gasteiger partial charge is 0.417 e. The van der Waals surface area contributed by atoms with Gasteiger partial charge in [-0.3, -0.25) is 9.78 Å². The van der Waals surface area contributed by atoms with Gasteiger partial charge in [-0.05, 0) is 24.5 Å². The molecule has 1 aliphatic carbocycles. The Balaban J connectivity index is 1.50. The van der Waals surface area contributed by atoms with Crippen LogP contribution >= 0.6 is 0 Å². The van der Waals surface area contributed by atoms with Gasteiger partial charge in [-0.15, -0.1) is 0 Å². The van der Waals surface area contributed by atoms with Crippen LogP contribution in [0.25, 0.3) is 0 Å². The lowest BCUT2D eigenvalue weighted by Crippen LogP contribution is -2.77. The van der Waals surface area contributed by atoms with Gasteiger partial charge in [0.2, 0.25) is 5.88 Å².